The van der Waals surface area contributed by atoms with E-state index in [4.69, 9.17) is 14.2 Å². The Morgan fingerprint density at radius 2 is 1.06 bits per heavy atom. The molecule has 0 saturated heterocycles. The zero-order chi connectivity index (χ0) is 26.2. The van der Waals surface area contributed by atoms with Gasteiger partial charge in [-0.15, -0.1) is 0 Å². The number of ether oxygens (including phenoxy) is 3. The Labute approximate surface area is 210 Å². The van der Waals surface area contributed by atoms with Crippen molar-refractivity contribution in [2.24, 2.45) is 0 Å². The van der Waals surface area contributed by atoms with Crippen molar-refractivity contribution in [2.75, 3.05) is 0 Å². The van der Waals surface area contributed by atoms with Crippen LogP contribution < -0.4 is 14.2 Å². The minimum absolute atomic E-state index is 0.133. The summed E-state index contributed by atoms with van der Waals surface area (Å²) in [6.07, 6.45) is 3.28. The first-order valence-electron chi connectivity index (χ1n) is 11.2. The van der Waals surface area contributed by atoms with Crippen molar-refractivity contribution >= 4 is 17.9 Å². The second kappa shape index (κ2) is 11.6. The monoisotopic (exact) mass is 482 g/mol. The van der Waals surface area contributed by atoms with Crippen molar-refractivity contribution < 1.29 is 28.6 Å². The van der Waals surface area contributed by atoms with E-state index in [-0.39, 0.29) is 5.92 Å². The number of benzene rings is 3. The van der Waals surface area contributed by atoms with Crippen LogP contribution in [0.25, 0.3) is 22.3 Å². The van der Waals surface area contributed by atoms with Gasteiger partial charge in [0.05, 0.1) is 0 Å². The molecular formula is C30H26O6. The van der Waals surface area contributed by atoms with Crippen molar-refractivity contribution in [3.63, 3.8) is 0 Å². The van der Waals surface area contributed by atoms with E-state index in [9.17, 15) is 14.4 Å². The van der Waals surface area contributed by atoms with Gasteiger partial charge in [-0.1, -0.05) is 57.8 Å². The zero-order valence-corrected chi connectivity index (χ0v) is 20.2. The molecule has 0 aromatic heterocycles. The lowest BCUT2D eigenvalue weighted by Crippen LogP contribution is -2.06. The van der Waals surface area contributed by atoms with Crippen molar-refractivity contribution in [3.05, 3.63) is 104 Å². The maximum atomic E-state index is 12.2. The smallest absolute Gasteiger partial charge is 0.335 e. The molecule has 182 valence electrons. The molecule has 0 bridgehead atoms. The maximum Gasteiger partial charge on any atom is 0.335 e. The van der Waals surface area contributed by atoms with Gasteiger partial charge in [0, 0.05) is 23.8 Å². The summed E-state index contributed by atoms with van der Waals surface area (Å²) in [5.41, 5.74) is 4.18. The third-order valence-corrected chi connectivity index (χ3v) is 5.25. The molecular weight excluding hydrogens is 456 g/mol. The van der Waals surface area contributed by atoms with Crippen LogP contribution in [0.1, 0.15) is 25.3 Å². The highest BCUT2D eigenvalue weighted by molar-refractivity contribution is 5.88. The van der Waals surface area contributed by atoms with E-state index in [0.29, 0.717) is 22.8 Å². The van der Waals surface area contributed by atoms with E-state index in [1.807, 2.05) is 24.3 Å². The van der Waals surface area contributed by atoms with Gasteiger partial charge in [-0.3, -0.25) is 0 Å². The molecule has 3 rings (SSSR count). The second-order valence-corrected chi connectivity index (χ2v) is 8.01. The van der Waals surface area contributed by atoms with Crippen LogP contribution in [0, 0.1) is 0 Å². The predicted molar refractivity (Wildman–Crippen MR) is 139 cm³/mol. The van der Waals surface area contributed by atoms with Crippen LogP contribution in [-0.4, -0.2) is 17.9 Å². The van der Waals surface area contributed by atoms with E-state index in [0.717, 1.165) is 40.5 Å². The minimum Gasteiger partial charge on any atom is -0.423 e. The SMILES string of the molecule is C=CC(=O)Oc1ccc(-c2cc(C(C)C)c(-c3ccc(OC(=O)C=C)cc3)cc2OC(=O)C=C)cc1. The van der Waals surface area contributed by atoms with Gasteiger partial charge in [-0.2, -0.15) is 0 Å². The fourth-order valence-corrected chi connectivity index (χ4v) is 3.51. The summed E-state index contributed by atoms with van der Waals surface area (Å²) in [6.45, 7) is 14.4. The number of hydrogen-bond donors (Lipinski definition) is 0. The van der Waals surface area contributed by atoms with E-state index in [2.05, 4.69) is 33.6 Å². The van der Waals surface area contributed by atoms with Crippen LogP contribution in [0.3, 0.4) is 0 Å². The number of carbonyl (C=O) groups excluding carboxylic acids is 3. The quantitative estimate of drug-likeness (QED) is 0.199. The van der Waals surface area contributed by atoms with Crippen LogP contribution in [-0.2, 0) is 14.4 Å². The van der Waals surface area contributed by atoms with Crippen LogP contribution in [0.2, 0.25) is 0 Å². The van der Waals surface area contributed by atoms with Crippen LogP contribution in [0.5, 0.6) is 17.2 Å². The Hall–Kier alpha value is -4.71. The molecule has 0 saturated carbocycles. The average Bonchev–Trinajstić information content (AvgIpc) is 2.89. The summed E-state index contributed by atoms with van der Waals surface area (Å²) in [5, 5.41) is 0. The Kier molecular flexibility index (Phi) is 8.36. The highest BCUT2D eigenvalue weighted by Gasteiger charge is 2.18. The summed E-state index contributed by atoms with van der Waals surface area (Å²) in [6, 6.07) is 17.7. The van der Waals surface area contributed by atoms with Gasteiger partial charge in [0.25, 0.3) is 0 Å². The Morgan fingerprint density at radius 3 is 1.47 bits per heavy atom. The highest BCUT2D eigenvalue weighted by atomic mass is 16.5. The predicted octanol–water partition coefficient (Wildman–Crippen LogP) is 6.42. The third-order valence-electron chi connectivity index (χ3n) is 5.25. The standard InChI is InChI=1S/C30H26O6/c1-6-28(31)34-22-13-9-20(10-14-22)25-18-27(36-30(33)8-3)26(17-24(25)19(4)5)21-11-15-23(16-12-21)35-29(32)7-2/h6-19H,1-3H2,4-5H3. The van der Waals surface area contributed by atoms with Crippen molar-refractivity contribution in [3.8, 4) is 39.5 Å². The van der Waals surface area contributed by atoms with Gasteiger partial charge in [-0.25, -0.2) is 14.4 Å². The third kappa shape index (κ3) is 6.24. The maximum absolute atomic E-state index is 12.2. The molecule has 0 radical (unpaired) electrons. The minimum atomic E-state index is -0.595. The molecule has 36 heavy (non-hydrogen) atoms. The molecule has 6 heteroatoms. The lowest BCUT2D eigenvalue weighted by molar-refractivity contribution is -0.129. The van der Waals surface area contributed by atoms with Crippen LogP contribution in [0.15, 0.2) is 98.6 Å². The fourth-order valence-electron chi connectivity index (χ4n) is 3.51. The molecule has 0 aliphatic carbocycles. The Bertz CT molecular complexity index is 1310. The summed E-state index contributed by atoms with van der Waals surface area (Å²) >= 11 is 0. The summed E-state index contributed by atoms with van der Waals surface area (Å²) in [5.74, 6) is -0.457. The van der Waals surface area contributed by atoms with E-state index in [1.165, 1.54) is 0 Å². The van der Waals surface area contributed by atoms with Gasteiger partial charge < -0.3 is 14.2 Å². The van der Waals surface area contributed by atoms with Gasteiger partial charge >= 0.3 is 17.9 Å². The number of esters is 3. The van der Waals surface area contributed by atoms with Crippen molar-refractivity contribution in [1.82, 2.24) is 0 Å². The van der Waals surface area contributed by atoms with Crippen molar-refractivity contribution in [2.45, 2.75) is 19.8 Å². The summed E-state index contributed by atoms with van der Waals surface area (Å²) in [4.78, 5) is 35.1. The average molecular weight is 483 g/mol. The first-order chi connectivity index (χ1) is 17.2. The normalized spacial score (nSPS) is 10.3. The summed E-state index contributed by atoms with van der Waals surface area (Å²) in [7, 11) is 0. The van der Waals surface area contributed by atoms with Gasteiger partial charge in [0.2, 0.25) is 0 Å². The van der Waals surface area contributed by atoms with Crippen LogP contribution in [0.4, 0.5) is 0 Å². The number of carbonyl (C=O) groups is 3. The molecule has 0 heterocycles. The lowest BCUT2D eigenvalue weighted by Gasteiger charge is -2.19. The van der Waals surface area contributed by atoms with E-state index < -0.39 is 17.9 Å². The fraction of sp³-hybridized carbons (Fsp3) is 0.100. The molecule has 0 atom stereocenters. The molecule has 0 fully saturated rings. The van der Waals surface area contributed by atoms with Gasteiger partial charge in [0.1, 0.15) is 17.2 Å². The van der Waals surface area contributed by atoms with Crippen molar-refractivity contribution in [1.29, 1.82) is 0 Å². The van der Waals surface area contributed by atoms with E-state index >= 15 is 0 Å². The molecule has 0 unspecified atom stereocenters. The lowest BCUT2D eigenvalue weighted by atomic mass is 9.88. The zero-order valence-electron chi connectivity index (χ0n) is 20.2. The molecule has 0 spiro atoms. The topological polar surface area (TPSA) is 78.9 Å². The largest absolute Gasteiger partial charge is 0.423 e. The second-order valence-electron chi connectivity index (χ2n) is 8.01. The van der Waals surface area contributed by atoms with Crippen LogP contribution >= 0.6 is 0 Å². The first kappa shape index (κ1) is 25.9. The summed E-state index contributed by atoms with van der Waals surface area (Å²) < 4.78 is 15.9. The molecule has 0 aliphatic rings. The Morgan fingerprint density at radius 1 is 0.639 bits per heavy atom. The molecule has 3 aromatic rings. The molecule has 0 N–H and O–H groups in total. The molecule has 0 aliphatic heterocycles. The molecule has 3 aromatic carbocycles. The first-order valence-corrected chi connectivity index (χ1v) is 11.2. The molecule has 0 amide bonds. The highest BCUT2D eigenvalue weighted by Crippen LogP contribution is 2.40. The van der Waals surface area contributed by atoms with E-state index in [1.54, 1.807) is 36.4 Å². The number of hydrogen-bond acceptors (Lipinski definition) is 6. The van der Waals surface area contributed by atoms with Gasteiger partial charge in [0.15, 0.2) is 0 Å². The van der Waals surface area contributed by atoms with Gasteiger partial charge in [-0.05, 0) is 64.6 Å². The number of rotatable bonds is 9. The Balaban J connectivity index is 2.10. The molecule has 6 nitrogen and oxygen atoms in total.